The minimum Gasteiger partial charge on any atom is -0.324 e. The number of amides is 1. The van der Waals surface area contributed by atoms with Crippen LogP contribution in [0.3, 0.4) is 0 Å². The molecule has 3 rings (SSSR count). The first-order valence-electron chi connectivity index (χ1n) is 8.49. The number of nitrogens with zero attached hydrogens (tertiary/aromatic N) is 2. The van der Waals surface area contributed by atoms with Gasteiger partial charge in [-0.1, -0.05) is 17.7 Å². The number of anilines is 3. The van der Waals surface area contributed by atoms with Gasteiger partial charge >= 0.3 is 6.18 Å². The van der Waals surface area contributed by atoms with E-state index in [1.165, 1.54) is 6.07 Å². The van der Waals surface area contributed by atoms with Crippen LogP contribution in [0.4, 0.5) is 30.5 Å². The molecule has 0 saturated carbocycles. The van der Waals surface area contributed by atoms with Crippen LogP contribution < -0.4 is 10.6 Å². The minimum absolute atomic E-state index is 0.0114. The highest BCUT2D eigenvalue weighted by Crippen LogP contribution is 2.36. The molecule has 0 unspecified atom stereocenters. The number of benzene rings is 2. The Morgan fingerprint density at radius 2 is 1.66 bits per heavy atom. The van der Waals surface area contributed by atoms with E-state index in [0.29, 0.717) is 11.6 Å². The number of carbonyl (C=O) groups excluding carboxylic acids is 1. The molecule has 2 N–H and O–H groups in total. The molecule has 2 aromatic carbocycles. The van der Waals surface area contributed by atoms with E-state index in [2.05, 4.69) is 20.6 Å². The summed E-state index contributed by atoms with van der Waals surface area (Å²) in [7, 11) is 0. The van der Waals surface area contributed by atoms with Gasteiger partial charge in [-0.3, -0.25) is 4.79 Å². The number of rotatable bonds is 4. The Labute approximate surface area is 170 Å². The van der Waals surface area contributed by atoms with Crippen LogP contribution in [0.2, 0.25) is 5.02 Å². The molecule has 1 amide bonds. The number of carbonyl (C=O) groups is 1. The third-order valence-corrected chi connectivity index (χ3v) is 4.22. The standard InChI is InChI=1S/C20H16ClF3N4O/c1-11-8-12(2)26-19(25-11)28-14-5-3-4-13(9-14)18(29)27-15-6-7-17(21)16(10-15)20(22,23)24/h3-10H,1-2H3,(H,27,29)(H,25,26,28). The zero-order valence-electron chi connectivity index (χ0n) is 15.4. The molecule has 0 radical (unpaired) electrons. The van der Waals surface area contributed by atoms with Crippen molar-refractivity contribution in [3.63, 3.8) is 0 Å². The monoisotopic (exact) mass is 420 g/mol. The molecule has 0 aliphatic carbocycles. The quantitative estimate of drug-likeness (QED) is 0.563. The van der Waals surface area contributed by atoms with Crippen molar-refractivity contribution in [1.82, 2.24) is 9.97 Å². The third-order valence-electron chi connectivity index (χ3n) is 3.89. The molecule has 0 aliphatic rings. The fourth-order valence-corrected chi connectivity index (χ4v) is 2.90. The van der Waals surface area contributed by atoms with Crippen LogP contribution in [-0.2, 0) is 6.18 Å². The van der Waals surface area contributed by atoms with Crippen molar-refractivity contribution in [3.8, 4) is 0 Å². The molecule has 0 fully saturated rings. The first-order valence-corrected chi connectivity index (χ1v) is 8.87. The van der Waals surface area contributed by atoms with Crippen molar-refractivity contribution in [2.24, 2.45) is 0 Å². The Bertz CT molecular complexity index is 1050. The van der Waals surface area contributed by atoms with Gasteiger partial charge in [0.25, 0.3) is 5.91 Å². The fraction of sp³-hybridized carbons (Fsp3) is 0.150. The van der Waals surface area contributed by atoms with E-state index in [-0.39, 0.29) is 11.3 Å². The van der Waals surface area contributed by atoms with Crippen molar-refractivity contribution in [1.29, 1.82) is 0 Å². The van der Waals surface area contributed by atoms with E-state index in [0.717, 1.165) is 23.5 Å². The van der Waals surface area contributed by atoms with Crippen molar-refractivity contribution >= 4 is 34.8 Å². The highest BCUT2D eigenvalue weighted by atomic mass is 35.5. The molecule has 0 atom stereocenters. The van der Waals surface area contributed by atoms with Crippen LogP contribution >= 0.6 is 11.6 Å². The summed E-state index contributed by atoms with van der Waals surface area (Å²) >= 11 is 5.60. The van der Waals surface area contributed by atoms with Gasteiger partial charge in [-0.05, 0) is 56.3 Å². The molecule has 150 valence electrons. The molecule has 0 spiro atoms. The van der Waals surface area contributed by atoms with Crippen LogP contribution in [-0.4, -0.2) is 15.9 Å². The van der Waals surface area contributed by atoms with Gasteiger partial charge in [-0.25, -0.2) is 9.97 Å². The molecular formula is C20H16ClF3N4O. The maximum absolute atomic E-state index is 13.0. The van der Waals surface area contributed by atoms with E-state index in [1.54, 1.807) is 24.3 Å². The zero-order valence-corrected chi connectivity index (χ0v) is 16.2. The number of hydrogen-bond donors (Lipinski definition) is 2. The average Bonchev–Trinajstić information content (AvgIpc) is 2.61. The SMILES string of the molecule is Cc1cc(C)nc(Nc2cccc(C(=O)Nc3ccc(Cl)c(C(F)(F)F)c3)c2)n1. The summed E-state index contributed by atoms with van der Waals surface area (Å²) in [5.41, 5.74) is 1.37. The van der Waals surface area contributed by atoms with Gasteiger partial charge < -0.3 is 10.6 Å². The lowest BCUT2D eigenvalue weighted by molar-refractivity contribution is -0.137. The molecule has 3 aromatic rings. The normalized spacial score (nSPS) is 11.2. The van der Waals surface area contributed by atoms with Crippen molar-refractivity contribution in [2.45, 2.75) is 20.0 Å². The Kier molecular flexibility index (Phi) is 5.74. The highest BCUT2D eigenvalue weighted by Gasteiger charge is 2.33. The second-order valence-corrected chi connectivity index (χ2v) is 6.73. The summed E-state index contributed by atoms with van der Waals surface area (Å²) < 4.78 is 39.0. The minimum atomic E-state index is -4.62. The van der Waals surface area contributed by atoms with Gasteiger partial charge in [0.05, 0.1) is 10.6 Å². The number of aryl methyl sites for hydroxylation is 2. The van der Waals surface area contributed by atoms with Crippen LogP contribution in [0.15, 0.2) is 48.5 Å². The van der Waals surface area contributed by atoms with Crippen LogP contribution in [0.1, 0.15) is 27.3 Å². The molecule has 1 aromatic heterocycles. The molecule has 0 bridgehead atoms. The molecule has 29 heavy (non-hydrogen) atoms. The van der Waals surface area contributed by atoms with Crippen molar-refractivity contribution in [3.05, 3.63) is 76.1 Å². The van der Waals surface area contributed by atoms with Crippen LogP contribution in [0, 0.1) is 13.8 Å². The number of alkyl halides is 3. The predicted octanol–water partition coefficient (Wildman–Crippen LogP) is 5.76. The molecule has 1 heterocycles. The lowest BCUT2D eigenvalue weighted by Gasteiger charge is -2.12. The number of nitrogens with one attached hydrogen (secondary N) is 2. The lowest BCUT2D eigenvalue weighted by Crippen LogP contribution is -2.13. The Balaban J connectivity index is 1.79. The van der Waals surface area contributed by atoms with Gasteiger partial charge in [0.1, 0.15) is 0 Å². The zero-order chi connectivity index (χ0) is 21.2. The Morgan fingerprint density at radius 1 is 0.966 bits per heavy atom. The van der Waals surface area contributed by atoms with E-state index in [9.17, 15) is 18.0 Å². The summed E-state index contributed by atoms with van der Waals surface area (Å²) in [5.74, 6) is -0.182. The second-order valence-electron chi connectivity index (χ2n) is 6.33. The molecule has 0 saturated heterocycles. The van der Waals surface area contributed by atoms with E-state index in [4.69, 9.17) is 11.6 Å². The molecular weight excluding hydrogens is 405 g/mol. The summed E-state index contributed by atoms with van der Waals surface area (Å²) in [5, 5.41) is 5.03. The number of halogens is 4. The highest BCUT2D eigenvalue weighted by molar-refractivity contribution is 6.31. The van der Waals surface area contributed by atoms with E-state index >= 15 is 0 Å². The summed E-state index contributed by atoms with van der Waals surface area (Å²) in [4.78, 5) is 21.0. The predicted molar refractivity (Wildman–Crippen MR) is 106 cm³/mol. The summed E-state index contributed by atoms with van der Waals surface area (Å²) in [6, 6.07) is 11.5. The first kappa shape index (κ1) is 20.6. The smallest absolute Gasteiger partial charge is 0.324 e. The Hall–Kier alpha value is -3.13. The van der Waals surface area contributed by atoms with Crippen molar-refractivity contribution < 1.29 is 18.0 Å². The molecule has 9 heteroatoms. The first-order chi connectivity index (χ1) is 13.6. The van der Waals surface area contributed by atoms with Crippen LogP contribution in [0.25, 0.3) is 0 Å². The summed E-state index contributed by atoms with van der Waals surface area (Å²) in [6.07, 6.45) is -4.62. The topological polar surface area (TPSA) is 66.9 Å². The van der Waals surface area contributed by atoms with Gasteiger partial charge in [-0.15, -0.1) is 0 Å². The van der Waals surface area contributed by atoms with Crippen LogP contribution in [0.5, 0.6) is 0 Å². The lowest BCUT2D eigenvalue weighted by atomic mass is 10.1. The number of aromatic nitrogens is 2. The largest absolute Gasteiger partial charge is 0.417 e. The van der Waals surface area contributed by atoms with Gasteiger partial charge in [0.2, 0.25) is 5.95 Å². The molecule has 0 aliphatic heterocycles. The Morgan fingerprint density at radius 3 is 2.31 bits per heavy atom. The van der Waals surface area contributed by atoms with Gasteiger partial charge in [0.15, 0.2) is 0 Å². The second kappa shape index (κ2) is 8.08. The molecule has 5 nitrogen and oxygen atoms in total. The summed E-state index contributed by atoms with van der Waals surface area (Å²) in [6.45, 7) is 3.68. The van der Waals surface area contributed by atoms with Crippen molar-refractivity contribution in [2.75, 3.05) is 10.6 Å². The maximum Gasteiger partial charge on any atom is 0.417 e. The van der Waals surface area contributed by atoms with Gasteiger partial charge in [0, 0.05) is 28.3 Å². The van der Waals surface area contributed by atoms with E-state index in [1.807, 2.05) is 19.9 Å². The van der Waals surface area contributed by atoms with E-state index < -0.39 is 22.7 Å². The fourth-order valence-electron chi connectivity index (χ4n) is 2.67. The third kappa shape index (κ3) is 5.23. The van der Waals surface area contributed by atoms with Gasteiger partial charge in [-0.2, -0.15) is 13.2 Å². The maximum atomic E-state index is 13.0. The number of hydrogen-bond acceptors (Lipinski definition) is 4. The average molecular weight is 421 g/mol.